The molecule has 1 unspecified atom stereocenters. The van der Waals surface area contributed by atoms with E-state index < -0.39 is 0 Å². The molecule has 0 saturated carbocycles. The summed E-state index contributed by atoms with van der Waals surface area (Å²) in [5, 5.41) is 11.6. The van der Waals surface area contributed by atoms with E-state index in [4.69, 9.17) is 5.41 Å². The van der Waals surface area contributed by atoms with E-state index in [9.17, 15) is 0 Å². The van der Waals surface area contributed by atoms with Crippen molar-refractivity contribution in [2.45, 2.75) is 40.7 Å². The summed E-state index contributed by atoms with van der Waals surface area (Å²) in [7, 11) is 0. The summed E-state index contributed by atoms with van der Waals surface area (Å²) < 4.78 is 0. The maximum absolute atomic E-state index is 7.49. The molecule has 1 atom stereocenters. The Morgan fingerprint density at radius 1 is 1.05 bits per heavy atom. The molecule has 1 N–H and O–H groups in total. The van der Waals surface area contributed by atoms with Crippen molar-refractivity contribution in [3.63, 3.8) is 0 Å². The third kappa shape index (κ3) is 9.74. The SMILES string of the molecule is CC.CC.CC1[N-]C(=N)c2ccccc21.II.[CH3-].[Y]. The molecule has 2 rings (SSSR count). The predicted octanol–water partition coefficient (Wildman–Crippen LogP) is 6.73. The number of fused-ring (bicyclic) bond motifs is 1. The van der Waals surface area contributed by atoms with E-state index in [0.29, 0.717) is 5.84 Å². The Hall–Kier alpha value is 1.25. The summed E-state index contributed by atoms with van der Waals surface area (Å²) in [6.45, 7) is 10.0. The van der Waals surface area contributed by atoms with Crippen LogP contribution in [0.1, 0.15) is 51.8 Å². The zero-order valence-corrected chi connectivity index (χ0v) is 19.8. The Bertz CT molecular complexity index is 320. The number of amidine groups is 1. The monoisotopic (exact) mass is 563 g/mol. The van der Waals surface area contributed by atoms with Crippen LogP contribution in [0.2, 0.25) is 0 Å². The molecule has 1 aromatic rings. The Morgan fingerprint density at radius 2 is 1.47 bits per heavy atom. The fourth-order valence-electron chi connectivity index (χ4n) is 1.41. The molecule has 19 heavy (non-hydrogen) atoms. The number of nitrogens with zero attached hydrogens (tertiary/aromatic N) is 1. The molecule has 0 bridgehead atoms. The van der Waals surface area contributed by atoms with E-state index >= 15 is 0 Å². The molecule has 109 valence electrons. The molecule has 0 saturated heterocycles. The van der Waals surface area contributed by atoms with Gasteiger partial charge >= 0.3 is 0 Å². The summed E-state index contributed by atoms with van der Waals surface area (Å²) in [5.74, 6) is 0.424. The first-order valence-electron chi connectivity index (χ1n) is 5.82. The van der Waals surface area contributed by atoms with E-state index in [2.05, 4.69) is 42.5 Å². The minimum absolute atomic E-state index is 0. The summed E-state index contributed by atoms with van der Waals surface area (Å²) in [6.07, 6.45) is 0. The normalized spacial score (nSPS) is 13.2. The van der Waals surface area contributed by atoms with Crippen molar-refractivity contribution in [3.05, 3.63) is 48.1 Å². The van der Waals surface area contributed by atoms with Gasteiger partial charge in [-0.2, -0.15) is 0 Å². The number of halogens is 2. The van der Waals surface area contributed by atoms with Gasteiger partial charge in [0.1, 0.15) is 0 Å². The van der Waals surface area contributed by atoms with Crippen molar-refractivity contribution in [1.29, 1.82) is 5.41 Å². The Balaban J connectivity index is -0.000000126. The number of hydrogen-bond acceptors (Lipinski definition) is 1. The molecular formula is C14H24I2N2Y-2. The van der Waals surface area contributed by atoms with Crippen LogP contribution in [0.15, 0.2) is 24.3 Å². The molecule has 0 aromatic heterocycles. The molecule has 0 amide bonds. The number of nitrogens with one attached hydrogen (secondary N) is 1. The topological polar surface area (TPSA) is 38.0 Å². The van der Waals surface area contributed by atoms with Gasteiger partial charge in [0.25, 0.3) is 0 Å². The van der Waals surface area contributed by atoms with Crippen LogP contribution < -0.4 is 0 Å². The maximum Gasteiger partial charge on any atom is 0 e. The van der Waals surface area contributed by atoms with Gasteiger partial charge in [0.05, 0.1) is 0 Å². The van der Waals surface area contributed by atoms with Crippen molar-refractivity contribution in [3.8, 4) is 0 Å². The zero-order chi connectivity index (χ0) is 13.8. The summed E-state index contributed by atoms with van der Waals surface area (Å²) in [6, 6.07) is 8.10. The molecule has 1 aliphatic heterocycles. The summed E-state index contributed by atoms with van der Waals surface area (Å²) in [5.41, 5.74) is 2.16. The fourth-order valence-corrected chi connectivity index (χ4v) is 1.41. The van der Waals surface area contributed by atoms with E-state index in [1.165, 1.54) is 5.56 Å². The standard InChI is InChI=1S/C9H9N2.2C2H6.CH3.I2.Y/c1-6-7-4-2-3-5-8(7)9(10)11-6;2*1-2;;1-2;/h2-6H,1H3,(H-,10,11);2*1-2H3;1H3;;/q-1;;;-1;;. The average molecular weight is 563 g/mol. The second-order valence-electron chi connectivity index (χ2n) is 2.74. The molecule has 1 aromatic carbocycles. The predicted molar refractivity (Wildman–Crippen MR) is 102 cm³/mol. The molecular weight excluding hydrogens is 539 g/mol. The largest absolute Gasteiger partial charge is 0.482 e. The van der Waals surface area contributed by atoms with Crippen molar-refractivity contribution < 1.29 is 32.7 Å². The minimum atomic E-state index is 0. The van der Waals surface area contributed by atoms with Gasteiger partial charge in [-0.15, -0.1) is 0 Å². The average Bonchev–Trinajstić information content (AvgIpc) is 2.73. The zero-order valence-electron chi connectivity index (χ0n) is 12.7. The fraction of sp³-hybridized carbons (Fsp3) is 0.429. The number of hydrogen-bond donors (Lipinski definition) is 1. The number of benzene rings is 1. The van der Waals surface area contributed by atoms with E-state index in [-0.39, 0.29) is 46.2 Å². The first-order chi connectivity index (χ1) is 8.29. The summed E-state index contributed by atoms with van der Waals surface area (Å²) >= 11 is 4.24. The Labute approximate surface area is 168 Å². The van der Waals surface area contributed by atoms with Gasteiger partial charge in [0, 0.05) is 69.9 Å². The van der Waals surface area contributed by atoms with Gasteiger partial charge in [-0.3, -0.25) is 0 Å². The van der Waals surface area contributed by atoms with Crippen LogP contribution in [0.4, 0.5) is 0 Å². The van der Waals surface area contributed by atoms with Crippen molar-refractivity contribution in [2.24, 2.45) is 0 Å². The van der Waals surface area contributed by atoms with Gasteiger partial charge in [-0.25, -0.2) is 0 Å². The third-order valence-electron chi connectivity index (χ3n) is 1.99. The first-order valence-corrected chi connectivity index (χ1v) is 12.1. The second-order valence-corrected chi connectivity index (χ2v) is 2.74. The minimum Gasteiger partial charge on any atom is -0.482 e. The Morgan fingerprint density at radius 3 is 1.89 bits per heavy atom. The van der Waals surface area contributed by atoms with E-state index in [0.717, 1.165) is 5.56 Å². The van der Waals surface area contributed by atoms with Gasteiger partial charge in [0.15, 0.2) is 0 Å². The van der Waals surface area contributed by atoms with Gasteiger partial charge < -0.3 is 18.2 Å². The molecule has 0 aliphatic carbocycles. The van der Waals surface area contributed by atoms with Crippen molar-refractivity contribution in [1.82, 2.24) is 0 Å². The van der Waals surface area contributed by atoms with Gasteiger partial charge in [-0.1, -0.05) is 64.7 Å². The van der Waals surface area contributed by atoms with Crippen LogP contribution >= 0.6 is 37.2 Å². The Kier molecular flexibility index (Phi) is 28.8. The second kappa shape index (κ2) is 19.3. The smallest absolute Gasteiger partial charge is 0 e. The van der Waals surface area contributed by atoms with Crippen LogP contribution in [-0.2, 0) is 32.7 Å². The molecule has 5 heteroatoms. The van der Waals surface area contributed by atoms with Crippen molar-refractivity contribution in [2.75, 3.05) is 0 Å². The van der Waals surface area contributed by atoms with Crippen LogP contribution in [0.5, 0.6) is 0 Å². The number of rotatable bonds is 0. The molecule has 1 heterocycles. The maximum atomic E-state index is 7.49. The van der Waals surface area contributed by atoms with Crippen molar-refractivity contribution >= 4 is 43.1 Å². The molecule has 2 nitrogen and oxygen atoms in total. The van der Waals surface area contributed by atoms with Crippen LogP contribution in [0, 0.1) is 12.8 Å². The van der Waals surface area contributed by atoms with E-state index in [1.54, 1.807) is 0 Å². The first kappa shape index (κ1) is 28.4. The van der Waals surface area contributed by atoms with Crippen LogP contribution in [0.25, 0.3) is 5.32 Å². The van der Waals surface area contributed by atoms with Crippen LogP contribution in [-0.4, -0.2) is 5.84 Å². The third-order valence-corrected chi connectivity index (χ3v) is 1.99. The molecule has 1 radical (unpaired) electrons. The summed E-state index contributed by atoms with van der Waals surface area (Å²) in [4.78, 5) is 0. The van der Waals surface area contributed by atoms with Gasteiger partial charge in [-0.05, 0) is 17.2 Å². The van der Waals surface area contributed by atoms with Crippen LogP contribution in [0.3, 0.4) is 0 Å². The van der Waals surface area contributed by atoms with Gasteiger partial charge in [0.2, 0.25) is 0 Å². The quantitative estimate of drug-likeness (QED) is 0.269. The molecule has 0 fully saturated rings. The molecule has 0 spiro atoms. The van der Waals surface area contributed by atoms with E-state index in [1.807, 2.05) is 58.9 Å². The molecule has 1 aliphatic rings.